The molecule has 36 heavy (non-hydrogen) atoms. The molecule has 0 spiro atoms. The van der Waals surface area contributed by atoms with Gasteiger partial charge in [-0.3, -0.25) is 9.69 Å². The van der Waals surface area contributed by atoms with E-state index in [1.807, 2.05) is 13.1 Å². The minimum Gasteiger partial charge on any atom is -0.473 e. The van der Waals surface area contributed by atoms with Gasteiger partial charge in [0, 0.05) is 56.3 Å². The number of fused-ring (bicyclic) bond motifs is 1. The normalized spacial score (nSPS) is 21.7. The van der Waals surface area contributed by atoms with Crippen LogP contribution in [0.4, 0.5) is 5.69 Å². The van der Waals surface area contributed by atoms with Crippen LogP contribution in [0.2, 0.25) is 0 Å². The Morgan fingerprint density at radius 1 is 1.19 bits per heavy atom. The minimum atomic E-state index is -0.246. The quantitative estimate of drug-likeness (QED) is 0.560. The van der Waals surface area contributed by atoms with Crippen LogP contribution < -0.4 is 15.0 Å². The van der Waals surface area contributed by atoms with Crippen molar-refractivity contribution in [1.82, 2.24) is 24.8 Å². The highest BCUT2D eigenvalue weighted by atomic mass is 16.5. The van der Waals surface area contributed by atoms with Crippen LogP contribution in [0.15, 0.2) is 36.7 Å². The molecule has 5 heterocycles. The Kier molecular flexibility index (Phi) is 5.95. The lowest BCUT2D eigenvalue weighted by molar-refractivity contribution is -0.119. The van der Waals surface area contributed by atoms with Crippen LogP contribution in [0.3, 0.4) is 0 Å². The van der Waals surface area contributed by atoms with Gasteiger partial charge in [-0.25, -0.2) is 9.50 Å². The Labute approximate surface area is 209 Å². The van der Waals surface area contributed by atoms with Gasteiger partial charge in [0.25, 0.3) is 0 Å². The second-order valence-electron chi connectivity index (χ2n) is 9.75. The summed E-state index contributed by atoms with van der Waals surface area (Å²) in [4.78, 5) is 21.4. The second kappa shape index (κ2) is 9.41. The number of rotatable bonds is 6. The van der Waals surface area contributed by atoms with E-state index in [0.29, 0.717) is 41.7 Å². The van der Waals surface area contributed by atoms with E-state index in [-0.39, 0.29) is 17.9 Å². The molecule has 186 valence electrons. The molecule has 2 unspecified atom stereocenters. The SMILES string of the molecule is CC(Oc1nc(-c2ccc(N3CCN(C4COC4)CC3)cc2)cn2ncc(C#N)c12)C1CNC(=O)C1. The van der Waals surface area contributed by atoms with Crippen LogP contribution in [0.1, 0.15) is 18.9 Å². The first-order valence-corrected chi connectivity index (χ1v) is 12.5. The molecule has 0 aliphatic carbocycles. The first-order valence-electron chi connectivity index (χ1n) is 12.5. The Morgan fingerprint density at radius 2 is 1.97 bits per heavy atom. The highest BCUT2D eigenvalue weighted by Gasteiger charge is 2.30. The number of nitrogens with one attached hydrogen (secondary N) is 1. The van der Waals surface area contributed by atoms with Gasteiger partial charge in [-0.2, -0.15) is 10.4 Å². The fourth-order valence-electron chi connectivity index (χ4n) is 5.14. The number of hydrogen-bond donors (Lipinski definition) is 1. The summed E-state index contributed by atoms with van der Waals surface area (Å²) < 4.78 is 13.2. The topological polar surface area (TPSA) is 108 Å². The van der Waals surface area contributed by atoms with Gasteiger partial charge in [-0.1, -0.05) is 12.1 Å². The Bertz CT molecular complexity index is 1300. The summed E-state index contributed by atoms with van der Waals surface area (Å²) in [7, 11) is 0. The number of amides is 1. The van der Waals surface area contributed by atoms with Crippen molar-refractivity contribution < 1.29 is 14.3 Å². The summed E-state index contributed by atoms with van der Waals surface area (Å²) in [5, 5.41) is 16.8. The number of benzene rings is 1. The van der Waals surface area contributed by atoms with E-state index < -0.39 is 0 Å². The van der Waals surface area contributed by atoms with E-state index >= 15 is 0 Å². The Balaban J connectivity index is 1.23. The molecule has 10 heteroatoms. The molecule has 1 N–H and O–H groups in total. The van der Waals surface area contributed by atoms with Gasteiger partial charge < -0.3 is 19.7 Å². The van der Waals surface area contributed by atoms with Crippen LogP contribution in [0, 0.1) is 17.2 Å². The lowest BCUT2D eigenvalue weighted by Crippen LogP contribution is -2.56. The maximum Gasteiger partial charge on any atom is 0.242 e. The third kappa shape index (κ3) is 4.25. The largest absolute Gasteiger partial charge is 0.473 e. The number of carbonyl (C=O) groups excluding carboxylic acids is 1. The van der Waals surface area contributed by atoms with Gasteiger partial charge in [0.2, 0.25) is 11.8 Å². The molecular formula is C26H29N7O3. The minimum absolute atomic E-state index is 0.0305. The fourth-order valence-corrected chi connectivity index (χ4v) is 5.14. The van der Waals surface area contributed by atoms with Crippen molar-refractivity contribution in [3.63, 3.8) is 0 Å². The molecule has 3 fully saturated rings. The Morgan fingerprint density at radius 3 is 2.61 bits per heavy atom. The summed E-state index contributed by atoms with van der Waals surface area (Å²) in [6.07, 6.45) is 3.52. The monoisotopic (exact) mass is 487 g/mol. The predicted molar refractivity (Wildman–Crippen MR) is 133 cm³/mol. The van der Waals surface area contributed by atoms with Gasteiger partial charge in [0.05, 0.1) is 37.3 Å². The van der Waals surface area contributed by atoms with Crippen LogP contribution in [-0.4, -0.2) is 83.5 Å². The molecule has 0 bridgehead atoms. The number of hydrogen-bond acceptors (Lipinski definition) is 8. The number of aromatic nitrogens is 3. The van der Waals surface area contributed by atoms with E-state index in [9.17, 15) is 10.1 Å². The number of piperazine rings is 1. The molecule has 2 atom stereocenters. The smallest absolute Gasteiger partial charge is 0.242 e. The molecule has 0 radical (unpaired) electrons. The van der Waals surface area contributed by atoms with Crippen molar-refractivity contribution in [3.05, 3.63) is 42.2 Å². The number of nitrogens with zero attached hydrogens (tertiary/aromatic N) is 6. The van der Waals surface area contributed by atoms with Crippen LogP contribution in [-0.2, 0) is 9.53 Å². The molecule has 6 rings (SSSR count). The van der Waals surface area contributed by atoms with E-state index in [1.54, 1.807) is 4.52 Å². The standard InChI is InChI=1S/C26H29N7O3/c1-17(19-10-24(34)28-12-19)36-26-25-20(11-27)13-29-33(25)14-23(30-26)18-2-4-21(5-3-18)31-6-8-32(9-7-31)22-15-35-16-22/h2-5,13-14,17,19,22H,6-10,12,15-16H2,1H3,(H,28,34). The highest BCUT2D eigenvalue weighted by molar-refractivity contribution is 5.78. The molecule has 1 aromatic carbocycles. The average Bonchev–Trinajstić information content (AvgIpc) is 3.50. The molecule has 10 nitrogen and oxygen atoms in total. The highest BCUT2D eigenvalue weighted by Crippen LogP contribution is 2.30. The first kappa shape index (κ1) is 22.8. The molecule has 1 amide bonds. The maximum absolute atomic E-state index is 11.7. The van der Waals surface area contributed by atoms with Crippen molar-refractivity contribution in [1.29, 1.82) is 5.26 Å². The molecule has 2 aromatic heterocycles. The van der Waals surface area contributed by atoms with Crippen molar-refractivity contribution in [2.24, 2.45) is 5.92 Å². The lowest BCUT2D eigenvalue weighted by Gasteiger charge is -2.43. The molecule has 3 aromatic rings. The summed E-state index contributed by atoms with van der Waals surface area (Å²) in [6.45, 7) is 8.33. The average molecular weight is 488 g/mol. The van der Waals surface area contributed by atoms with Crippen molar-refractivity contribution in [2.75, 3.05) is 50.8 Å². The van der Waals surface area contributed by atoms with Gasteiger partial charge in [-0.05, 0) is 19.1 Å². The molecular weight excluding hydrogens is 458 g/mol. The summed E-state index contributed by atoms with van der Waals surface area (Å²) in [6, 6.07) is 11.2. The molecule has 0 saturated carbocycles. The van der Waals surface area contributed by atoms with Crippen LogP contribution in [0.5, 0.6) is 5.88 Å². The lowest BCUT2D eigenvalue weighted by atomic mass is 10.0. The summed E-state index contributed by atoms with van der Waals surface area (Å²) >= 11 is 0. The van der Waals surface area contributed by atoms with Crippen LogP contribution >= 0.6 is 0 Å². The van der Waals surface area contributed by atoms with E-state index in [2.05, 4.69) is 50.5 Å². The summed E-state index contributed by atoms with van der Waals surface area (Å²) in [5.74, 6) is 0.435. The first-order chi connectivity index (χ1) is 17.6. The van der Waals surface area contributed by atoms with Gasteiger partial charge in [0.15, 0.2) is 0 Å². The van der Waals surface area contributed by atoms with Crippen molar-refractivity contribution >= 4 is 17.1 Å². The van der Waals surface area contributed by atoms with Crippen molar-refractivity contribution in [2.45, 2.75) is 25.5 Å². The summed E-state index contributed by atoms with van der Waals surface area (Å²) in [5.41, 5.74) is 3.78. The second-order valence-corrected chi connectivity index (χ2v) is 9.75. The van der Waals surface area contributed by atoms with E-state index in [4.69, 9.17) is 14.5 Å². The third-order valence-electron chi connectivity index (χ3n) is 7.53. The molecule has 3 aliphatic heterocycles. The van der Waals surface area contributed by atoms with E-state index in [1.165, 1.54) is 11.9 Å². The van der Waals surface area contributed by atoms with E-state index in [0.717, 1.165) is 45.0 Å². The zero-order chi connectivity index (χ0) is 24.6. The number of ether oxygens (including phenoxy) is 2. The zero-order valence-electron chi connectivity index (χ0n) is 20.3. The fraction of sp³-hybridized carbons (Fsp3) is 0.462. The number of carbonyl (C=O) groups is 1. The van der Waals surface area contributed by atoms with Gasteiger partial charge in [-0.15, -0.1) is 0 Å². The zero-order valence-corrected chi connectivity index (χ0v) is 20.3. The molecule has 3 saturated heterocycles. The number of anilines is 1. The molecule has 3 aliphatic rings. The van der Waals surface area contributed by atoms with Crippen LogP contribution in [0.25, 0.3) is 16.8 Å². The Hall–Kier alpha value is -3.68. The van der Waals surface area contributed by atoms with Crippen molar-refractivity contribution in [3.8, 4) is 23.2 Å². The predicted octanol–water partition coefficient (Wildman–Crippen LogP) is 1.69. The maximum atomic E-state index is 11.7. The van der Waals surface area contributed by atoms with Gasteiger partial charge >= 0.3 is 0 Å². The third-order valence-corrected chi connectivity index (χ3v) is 7.53. The number of nitriles is 1. The van der Waals surface area contributed by atoms with Gasteiger partial charge in [0.1, 0.15) is 23.3 Å².